The van der Waals surface area contributed by atoms with E-state index in [9.17, 15) is 0 Å². The molecule has 0 rings (SSSR count). The monoisotopic (exact) mass is 196 g/mol. The third-order valence-corrected chi connectivity index (χ3v) is 2.46. The summed E-state index contributed by atoms with van der Waals surface area (Å²) in [5, 5.41) is 0. The van der Waals surface area contributed by atoms with Gasteiger partial charge in [-0.25, -0.2) is 0 Å². The first-order valence-corrected chi connectivity index (χ1v) is 4.93. The molecule has 0 aliphatic carbocycles. The van der Waals surface area contributed by atoms with Crippen LogP contribution in [0.1, 0.15) is 6.92 Å². The van der Waals surface area contributed by atoms with E-state index in [0.29, 0.717) is 0 Å². The minimum atomic E-state index is 0.950. The summed E-state index contributed by atoms with van der Waals surface area (Å²) < 4.78 is 0. The van der Waals surface area contributed by atoms with Crippen molar-refractivity contribution in [2.75, 3.05) is 11.5 Å². The first-order chi connectivity index (χ1) is 4.81. The normalized spacial score (nSPS) is 12.9. The first kappa shape index (κ1) is 10.4. The number of thioether (sulfide) groups is 1. The van der Waals surface area contributed by atoms with Gasteiger partial charge in [0.15, 0.2) is 0 Å². The van der Waals surface area contributed by atoms with Crippen LogP contribution in [0.2, 0.25) is 0 Å². The number of rotatable bonds is 4. The van der Waals surface area contributed by atoms with Gasteiger partial charge in [-0.15, -0.1) is 0 Å². The van der Waals surface area contributed by atoms with Gasteiger partial charge >= 0.3 is 0 Å². The molecule has 0 unspecified atom stereocenters. The van der Waals surface area contributed by atoms with Gasteiger partial charge in [-0.3, -0.25) is 0 Å². The zero-order valence-corrected chi connectivity index (χ0v) is 8.14. The minimum Gasteiger partial charge on any atom is -0.153 e. The molecule has 0 spiro atoms. The van der Waals surface area contributed by atoms with E-state index >= 15 is 0 Å². The summed E-state index contributed by atoms with van der Waals surface area (Å²) in [5.41, 5.74) is 4.33. The molecule has 0 fully saturated rings. The van der Waals surface area contributed by atoms with E-state index in [1.54, 1.807) is 17.3 Å². The standard InChI is InChI=1S/C7H10Cl2S/c1-7(5-9)6-10-4-2-3-8/h2-3,5H,4,6H2,1H3/b3-2+,7-5-. The second kappa shape index (κ2) is 7.52. The number of hydrogen-bond acceptors (Lipinski definition) is 1. The topological polar surface area (TPSA) is 0 Å². The fourth-order valence-corrected chi connectivity index (χ4v) is 1.47. The third-order valence-electron chi connectivity index (χ3n) is 0.819. The summed E-state index contributed by atoms with van der Waals surface area (Å²) in [4.78, 5) is 0. The number of halogens is 2. The van der Waals surface area contributed by atoms with Gasteiger partial charge in [0.05, 0.1) is 0 Å². The Balaban J connectivity index is 3.20. The van der Waals surface area contributed by atoms with Crippen molar-refractivity contribution in [3.63, 3.8) is 0 Å². The predicted molar refractivity (Wildman–Crippen MR) is 51.9 cm³/mol. The van der Waals surface area contributed by atoms with Gasteiger partial charge < -0.3 is 0 Å². The van der Waals surface area contributed by atoms with Crippen LogP contribution >= 0.6 is 35.0 Å². The van der Waals surface area contributed by atoms with Crippen molar-refractivity contribution >= 4 is 35.0 Å². The molecule has 0 radical (unpaired) electrons. The molecule has 3 heteroatoms. The molecule has 58 valence electrons. The van der Waals surface area contributed by atoms with Gasteiger partial charge in [0.25, 0.3) is 0 Å². The highest BCUT2D eigenvalue weighted by Gasteiger charge is 1.86. The van der Waals surface area contributed by atoms with Crippen LogP contribution in [0.15, 0.2) is 22.7 Å². The Morgan fingerprint density at radius 1 is 1.50 bits per heavy atom. The molecular formula is C7H10Cl2S. The second-order valence-electron chi connectivity index (χ2n) is 1.83. The molecule has 0 aromatic carbocycles. The smallest absolute Gasteiger partial charge is 0.0155 e. The molecule has 0 bridgehead atoms. The van der Waals surface area contributed by atoms with Gasteiger partial charge in [0.2, 0.25) is 0 Å². The van der Waals surface area contributed by atoms with E-state index in [4.69, 9.17) is 23.2 Å². The van der Waals surface area contributed by atoms with E-state index in [1.165, 1.54) is 11.1 Å². The van der Waals surface area contributed by atoms with Gasteiger partial charge in [-0.2, -0.15) is 11.8 Å². The second-order valence-corrected chi connectivity index (χ2v) is 3.33. The zero-order chi connectivity index (χ0) is 7.82. The fourth-order valence-electron chi connectivity index (χ4n) is 0.356. The lowest BCUT2D eigenvalue weighted by atomic mass is 10.4. The van der Waals surface area contributed by atoms with E-state index in [-0.39, 0.29) is 0 Å². The Labute approximate surface area is 76.3 Å². The molecule has 0 N–H and O–H groups in total. The number of hydrogen-bond donors (Lipinski definition) is 0. The molecule has 0 heterocycles. The van der Waals surface area contributed by atoms with E-state index in [1.807, 2.05) is 13.0 Å². The molecular weight excluding hydrogens is 187 g/mol. The Bertz CT molecular complexity index is 130. The molecule has 0 saturated heterocycles. The highest BCUT2D eigenvalue weighted by molar-refractivity contribution is 7.99. The highest BCUT2D eigenvalue weighted by Crippen LogP contribution is 2.08. The average molecular weight is 197 g/mol. The average Bonchev–Trinajstić information content (AvgIpc) is 1.98. The lowest BCUT2D eigenvalue weighted by molar-refractivity contribution is 1.43. The Kier molecular flexibility index (Phi) is 7.82. The van der Waals surface area contributed by atoms with Gasteiger partial charge in [0.1, 0.15) is 0 Å². The molecule has 0 saturated carbocycles. The van der Waals surface area contributed by atoms with Gasteiger partial charge in [-0.05, 0) is 6.92 Å². The Hall–Kier alpha value is 0.410. The van der Waals surface area contributed by atoms with Crippen molar-refractivity contribution in [3.05, 3.63) is 22.7 Å². The molecule has 0 atom stereocenters. The lowest BCUT2D eigenvalue weighted by Crippen LogP contribution is -1.80. The molecule has 0 aromatic rings. The highest BCUT2D eigenvalue weighted by atomic mass is 35.5. The third kappa shape index (κ3) is 6.53. The fraction of sp³-hybridized carbons (Fsp3) is 0.429. The van der Waals surface area contributed by atoms with Crippen LogP contribution in [0.4, 0.5) is 0 Å². The quantitative estimate of drug-likeness (QED) is 0.620. The van der Waals surface area contributed by atoms with Crippen molar-refractivity contribution < 1.29 is 0 Å². The van der Waals surface area contributed by atoms with Crippen LogP contribution in [0.3, 0.4) is 0 Å². The van der Waals surface area contributed by atoms with Crippen LogP contribution in [-0.2, 0) is 0 Å². The van der Waals surface area contributed by atoms with Crippen molar-refractivity contribution in [2.45, 2.75) is 6.92 Å². The summed E-state index contributed by atoms with van der Waals surface area (Å²) in [6, 6.07) is 0. The van der Waals surface area contributed by atoms with Crippen LogP contribution in [0.25, 0.3) is 0 Å². The van der Waals surface area contributed by atoms with Crippen molar-refractivity contribution in [3.8, 4) is 0 Å². The summed E-state index contributed by atoms with van der Waals surface area (Å²) in [7, 11) is 0. The summed E-state index contributed by atoms with van der Waals surface area (Å²) in [6.45, 7) is 2.00. The molecule has 0 amide bonds. The largest absolute Gasteiger partial charge is 0.153 e. The first-order valence-electron chi connectivity index (χ1n) is 2.90. The van der Waals surface area contributed by atoms with Crippen LogP contribution in [0, 0.1) is 0 Å². The SMILES string of the molecule is C/C(=C/Cl)CSC/C=C/Cl. The Morgan fingerprint density at radius 2 is 2.20 bits per heavy atom. The van der Waals surface area contributed by atoms with E-state index in [0.717, 1.165) is 11.5 Å². The van der Waals surface area contributed by atoms with E-state index in [2.05, 4.69) is 0 Å². The Morgan fingerprint density at radius 3 is 2.70 bits per heavy atom. The maximum atomic E-state index is 5.45. The van der Waals surface area contributed by atoms with Crippen LogP contribution < -0.4 is 0 Å². The molecule has 0 aliphatic rings. The van der Waals surface area contributed by atoms with Crippen molar-refractivity contribution in [1.82, 2.24) is 0 Å². The van der Waals surface area contributed by atoms with Gasteiger partial charge in [0, 0.05) is 22.6 Å². The van der Waals surface area contributed by atoms with Crippen molar-refractivity contribution in [1.29, 1.82) is 0 Å². The minimum absolute atomic E-state index is 0.950. The molecule has 0 nitrogen and oxygen atoms in total. The molecule has 0 aliphatic heterocycles. The molecule has 0 aromatic heterocycles. The predicted octanol–water partition coefficient (Wildman–Crippen LogP) is 3.61. The van der Waals surface area contributed by atoms with Crippen molar-refractivity contribution in [2.24, 2.45) is 0 Å². The molecule has 10 heavy (non-hydrogen) atoms. The zero-order valence-electron chi connectivity index (χ0n) is 5.81. The van der Waals surface area contributed by atoms with Crippen LogP contribution in [0.5, 0.6) is 0 Å². The summed E-state index contributed by atoms with van der Waals surface area (Å²) >= 11 is 12.5. The maximum absolute atomic E-state index is 5.45. The van der Waals surface area contributed by atoms with E-state index < -0.39 is 0 Å². The summed E-state index contributed by atoms with van der Waals surface area (Å²) in [5.74, 6) is 1.93. The van der Waals surface area contributed by atoms with Crippen LogP contribution in [-0.4, -0.2) is 11.5 Å². The lowest BCUT2D eigenvalue weighted by Gasteiger charge is -1.94. The summed E-state index contributed by atoms with van der Waals surface area (Å²) in [6.07, 6.45) is 1.91. The maximum Gasteiger partial charge on any atom is 0.0155 e. The van der Waals surface area contributed by atoms with Gasteiger partial charge in [-0.1, -0.05) is 34.9 Å².